The Balaban J connectivity index is 1.83. The summed E-state index contributed by atoms with van der Waals surface area (Å²) < 4.78 is 0. The monoisotopic (exact) mass is 399 g/mol. The zero-order valence-electron chi connectivity index (χ0n) is 16.1. The van der Waals surface area contributed by atoms with Crippen molar-refractivity contribution in [2.45, 2.75) is 19.3 Å². The van der Waals surface area contributed by atoms with Gasteiger partial charge < -0.3 is 0 Å². The highest BCUT2D eigenvalue weighted by atomic mass is 35.5. The van der Waals surface area contributed by atoms with Gasteiger partial charge in [-0.25, -0.2) is 0 Å². The summed E-state index contributed by atoms with van der Waals surface area (Å²) in [6, 6.07) is 23.6. The summed E-state index contributed by atoms with van der Waals surface area (Å²) in [5.74, 6) is 0. The second-order valence-electron chi connectivity index (χ2n) is 7.99. The van der Waals surface area contributed by atoms with Crippen LogP contribution in [0.25, 0.3) is 33.0 Å². The number of hydrogen-bond donors (Lipinski definition) is 0. The predicted molar refractivity (Wildman–Crippen MR) is 119 cm³/mol. The lowest BCUT2D eigenvalue weighted by molar-refractivity contribution is -0.384. The van der Waals surface area contributed by atoms with Gasteiger partial charge in [-0.05, 0) is 39.3 Å². The first-order valence-electron chi connectivity index (χ1n) is 9.50. The largest absolute Gasteiger partial charge is 0.279 e. The van der Waals surface area contributed by atoms with E-state index in [1.54, 1.807) is 0 Å². The molecule has 0 saturated carbocycles. The van der Waals surface area contributed by atoms with Crippen LogP contribution in [0.4, 0.5) is 5.69 Å². The lowest BCUT2D eigenvalue weighted by Gasteiger charge is -2.22. The third-order valence-electron chi connectivity index (χ3n) is 6.04. The van der Waals surface area contributed by atoms with Gasteiger partial charge in [0.05, 0.1) is 15.5 Å². The topological polar surface area (TPSA) is 43.1 Å². The summed E-state index contributed by atoms with van der Waals surface area (Å²) in [6.07, 6.45) is 0. The number of halogens is 1. The first-order valence-corrected chi connectivity index (χ1v) is 9.88. The van der Waals surface area contributed by atoms with Crippen LogP contribution in [0.5, 0.6) is 0 Å². The van der Waals surface area contributed by atoms with Crippen LogP contribution in [0.3, 0.4) is 0 Å². The number of rotatable bonds is 2. The van der Waals surface area contributed by atoms with Gasteiger partial charge in [0.2, 0.25) is 0 Å². The summed E-state index contributed by atoms with van der Waals surface area (Å²) in [7, 11) is 0. The molecule has 4 aromatic rings. The van der Waals surface area contributed by atoms with Gasteiger partial charge in [0.1, 0.15) is 0 Å². The molecule has 0 saturated heterocycles. The van der Waals surface area contributed by atoms with Gasteiger partial charge in [-0.15, -0.1) is 0 Å². The average Bonchev–Trinajstić information content (AvgIpc) is 2.95. The number of hydrogen-bond acceptors (Lipinski definition) is 2. The van der Waals surface area contributed by atoms with Crippen LogP contribution in [-0.4, -0.2) is 4.92 Å². The maximum atomic E-state index is 11.9. The highest BCUT2D eigenvalue weighted by Gasteiger charge is 2.35. The summed E-state index contributed by atoms with van der Waals surface area (Å²) in [6.45, 7) is 4.41. The number of nitro groups is 1. The van der Waals surface area contributed by atoms with Gasteiger partial charge >= 0.3 is 0 Å². The van der Waals surface area contributed by atoms with Crippen molar-refractivity contribution in [1.29, 1.82) is 0 Å². The Morgan fingerprint density at radius 1 is 0.828 bits per heavy atom. The van der Waals surface area contributed by atoms with Crippen molar-refractivity contribution in [3.8, 4) is 22.3 Å². The van der Waals surface area contributed by atoms with E-state index in [-0.39, 0.29) is 16.0 Å². The molecule has 0 atom stereocenters. The number of fused-ring (bicyclic) bond motifs is 4. The van der Waals surface area contributed by atoms with Crippen molar-refractivity contribution in [1.82, 2.24) is 0 Å². The predicted octanol–water partition coefficient (Wildman–Crippen LogP) is 7.37. The molecule has 142 valence electrons. The van der Waals surface area contributed by atoms with E-state index in [0.717, 1.165) is 16.3 Å². The van der Waals surface area contributed by atoms with E-state index in [1.807, 2.05) is 30.3 Å². The van der Waals surface area contributed by atoms with E-state index in [1.165, 1.54) is 28.3 Å². The maximum Gasteiger partial charge on any atom is 0.279 e. The molecule has 5 rings (SSSR count). The Morgan fingerprint density at radius 2 is 1.48 bits per heavy atom. The van der Waals surface area contributed by atoms with Gasteiger partial charge in [0.25, 0.3) is 5.69 Å². The molecule has 1 aliphatic rings. The van der Waals surface area contributed by atoms with E-state index in [9.17, 15) is 10.1 Å². The Hall–Kier alpha value is -3.17. The van der Waals surface area contributed by atoms with E-state index in [0.29, 0.717) is 10.6 Å². The fourth-order valence-corrected chi connectivity index (χ4v) is 4.89. The highest BCUT2D eigenvalue weighted by molar-refractivity contribution is 6.36. The molecule has 0 aromatic heterocycles. The highest BCUT2D eigenvalue weighted by Crippen LogP contribution is 2.50. The third-order valence-corrected chi connectivity index (χ3v) is 6.35. The van der Waals surface area contributed by atoms with Crippen LogP contribution >= 0.6 is 11.6 Å². The smallest absolute Gasteiger partial charge is 0.258 e. The van der Waals surface area contributed by atoms with Crippen LogP contribution < -0.4 is 0 Å². The minimum atomic E-state index is -0.346. The van der Waals surface area contributed by atoms with Crippen molar-refractivity contribution in [2.24, 2.45) is 0 Å². The van der Waals surface area contributed by atoms with Gasteiger partial charge in [-0.3, -0.25) is 10.1 Å². The van der Waals surface area contributed by atoms with Crippen molar-refractivity contribution in [3.63, 3.8) is 0 Å². The zero-order valence-corrected chi connectivity index (χ0v) is 16.8. The minimum Gasteiger partial charge on any atom is -0.258 e. The lowest BCUT2D eigenvalue weighted by Crippen LogP contribution is -2.14. The molecule has 0 aliphatic heterocycles. The summed E-state index contributed by atoms with van der Waals surface area (Å²) in [4.78, 5) is 11.5. The Kier molecular flexibility index (Phi) is 3.80. The molecular formula is C25H18ClNO2. The molecule has 0 fully saturated rings. The lowest BCUT2D eigenvalue weighted by atomic mass is 9.81. The van der Waals surface area contributed by atoms with Crippen molar-refractivity contribution < 1.29 is 4.92 Å². The number of benzene rings is 4. The van der Waals surface area contributed by atoms with Crippen molar-refractivity contribution in [2.75, 3.05) is 0 Å². The fraction of sp³-hybridized carbons (Fsp3) is 0.120. The molecule has 0 bridgehead atoms. The van der Waals surface area contributed by atoms with E-state index >= 15 is 0 Å². The Bertz CT molecular complexity index is 1320. The number of nitrogens with zero attached hydrogens (tertiary/aromatic N) is 1. The van der Waals surface area contributed by atoms with Crippen molar-refractivity contribution in [3.05, 3.63) is 99.1 Å². The van der Waals surface area contributed by atoms with Crippen LogP contribution in [0.1, 0.15) is 25.0 Å². The molecule has 0 amide bonds. The Labute approximate surface area is 173 Å². The van der Waals surface area contributed by atoms with Crippen LogP contribution in [0.2, 0.25) is 5.02 Å². The molecule has 29 heavy (non-hydrogen) atoms. The normalized spacial score (nSPS) is 13.9. The molecule has 4 heteroatoms. The quantitative estimate of drug-likeness (QED) is 0.261. The van der Waals surface area contributed by atoms with Crippen LogP contribution in [-0.2, 0) is 5.41 Å². The first-order chi connectivity index (χ1) is 13.9. The molecule has 0 radical (unpaired) electrons. The van der Waals surface area contributed by atoms with Crippen LogP contribution in [0.15, 0.2) is 72.8 Å². The van der Waals surface area contributed by atoms with Gasteiger partial charge in [0, 0.05) is 16.9 Å². The molecule has 0 unspecified atom stereocenters. The molecule has 4 aromatic carbocycles. The fourth-order valence-electron chi connectivity index (χ4n) is 4.62. The van der Waals surface area contributed by atoms with Crippen LogP contribution in [0, 0.1) is 10.1 Å². The minimum absolute atomic E-state index is 0.0296. The molecule has 0 heterocycles. The molecule has 0 N–H and O–H groups in total. The standard InChI is InChI=1S/C25H18ClNO2/c1-25(2)20-10-6-5-7-16(20)17-12-11-15(13-21(17)25)24-19-9-4-3-8-18(19)22(26)14-23(24)27(28)29/h3-14H,1-2H3. The maximum absolute atomic E-state index is 11.9. The SMILES string of the molecule is CC1(C)c2ccccc2-c2ccc(-c3c([N+](=O)[O-])cc(Cl)c4ccccc34)cc21. The van der Waals surface area contributed by atoms with E-state index in [2.05, 4.69) is 50.2 Å². The first kappa shape index (κ1) is 17.9. The zero-order chi connectivity index (χ0) is 20.3. The molecule has 0 spiro atoms. The van der Waals surface area contributed by atoms with E-state index in [4.69, 9.17) is 11.6 Å². The number of nitro benzene ring substituents is 1. The molecule has 3 nitrogen and oxygen atoms in total. The summed E-state index contributed by atoms with van der Waals surface area (Å²) in [5.41, 5.74) is 6.20. The second kappa shape index (κ2) is 6.16. The molecule has 1 aliphatic carbocycles. The van der Waals surface area contributed by atoms with Gasteiger partial charge in [0.15, 0.2) is 0 Å². The summed E-state index contributed by atoms with van der Waals surface area (Å²) >= 11 is 6.36. The molecular weight excluding hydrogens is 382 g/mol. The van der Waals surface area contributed by atoms with E-state index < -0.39 is 0 Å². The summed E-state index contributed by atoms with van der Waals surface area (Å²) in [5, 5.41) is 13.9. The average molecular weight is 400 g/mol. The van der Waals surface area contributed by atoms with Crippen molar-refractivity contribution >= 4 is 28.1 Å². The third kappa shape index (κ3) is 2.51. The van der Waals surface area contributed by atoms with Gasteiger partial charge in [-0.2, -0.15) is 0 Å². The van der Waals surface area contributed by atoms with Gasteiger partial charge in [-0.1, -0.05) is 86.1 Å². The Morgan fingerprint density at radius 3 is 2.24 bits per heavy atom. The second-order valence-corrected chi connectivity index (χ2v) is 8.39.